The van der Waals surface area contributed by atoms with Crippen molar-refractivity contribution in [2.24, 2.45) is 0 Å². The lowest BCUT2D eigenvalue weighted by molar-refractivity contribution is -0.0511. The Hall–Kier alpha value is -2.59. The molecule has 1 aromatic carbocycles. The van der Waals surface area contributed by atoms with Gasteiger partial charge in [-0.3, -0.25) is 4.57 Å². The lowest BCUT2D eigenvalue weighted by Crippen LogP contribution is -2.33. The normalized spacial score (nSPS) is 25.2. The van der Waals surface area contributed by atoms with Gasteiger partial charge in [0, 0.05) is 25.3 Å². The summed E-state index contributed by atoms with van der Waals surface area (Å²) < 4.78 is 7.14. The molecule has 0 radical (unpaired) electrons. The third-order valence-corrected chi connectivity index (χ3v) is 4.81. The molecule has 142 valence electrons. The molecule has 0 spiro atoms. The summed E-state index contributed by atoms with van der Waals surface area (Å²) in [5.41, 5.74) is 3.66. The van der Waals surface area contributed by atoms with Gasteiger partial charge in [0.2, 0.25) is 0 Å². The molecule has 9 nitrogen and oxygen atoms in total. The minimum Gasteiger partial charge on any atom is -0.394 e. The van der Waals surface area contributed by atoms with E-state index in [1.807, 2.05) is 43.3 Å². The quantitative estimate of drug-likeness (QED) is 0.594. The van der Waals surface area contributed by atoms with Gasteiger partial charge in [-0.05, 0) is 12.1 Å². The second-order valence-corrected chi connectivity index (χ2v) is 6.72. The molecule has 3 N–H and O–H groups in total. The summed E-state index contributed by atoms with van der Waals surface area (Å²) in [7, 11) is 3.95. The van der Waals surface area contributed by atoms with E-state index in [1.165, 1.54) is 12.7 Å². The molecule has 27 heavy (non-hydrogen) atoms. The molecule has 2 aromatic heterocycles. The maximum atomic E-state index is 10.3. The van der Waals surface area contributed by atoms with Crippen LogP contribution in [0.1, 0.15) is 6.23 Å². The van der Waals surface area contributed by atoms with Crippen molar-refractivity contribution in [3.8, 4) is 11.3 Å². The van der Waals surface area contributed by atoms with E-state index < -0.39 is 24.5 Å². The van der Waals surface area contributed by atoms with E-state index in [0.29, 0.717) is 16.9 Å². The van der Waals surface area contributed by atoms with Crippen LogP contribution in [0.25, 0.3) is 22.4 Å². The Morgan fingerprint density at radius 2 is 1.81 bits per heavy atom. The number of hydrogen-bond acceptors (Lipinski definition) is 8. The summed E-state index contributed by atoms with van der Waals surface area (Å²) in [6, 6.07) is 7.91. The number of imidazole rings is 1. The molecule has 3 aromatic rings. The molecule has 1 saturated heterocycles. The highest BCUT2D eigenvalue weighted by Gasteiger charge is 2.44. The van der Waals surface area contributed by atoms with E-state index in [9.17, 15) is 15.3 Å². The molecule has 0 bridgehead atoms. The number of rotatable bonds is 4. The number of ether oxygens (including phenoxy) is 1. The van der Waals surface area contributed by atoms with Gasteiger partial charge in [-0.2, -0.15) is 0 Å². The summed E-state index contributed by atoms with van der Waals surface area (Å²) in [6.45, 7) is -0.389. The van der Waals surface area contributed by atoms with Gasteiger partial charge in [-0.15, -0.1) is 0 Å². The molecule has 1 aliphatic heterocycles. The van der Waals surface area contributed by atoms with Crippen molar-refractivity contribution in [3.63, 3.8) is 0 Å². The molecule has 4 atom stereocenters. The summed E-state index contributed by atoms with van der Waals surface area (Å²) in [5, 5.41) is 29.6. The van der Waals surface area contributed by atoms with Crippen LogP contribution in [-0.4, -0.2) is 73.9 Å². The van der Waals surface area contributed by atoms with Gasteiger partial charge in [0.05, 0.1) is 12.9 Å². The summed E-state index contributed by atoms with van der Waals surface area (Å²) >= 11 is 0. The first-order valence-electron chi connectivity index (χ1n) is 8.59. The van der Waals surface area contributed by atoms with E-state index in [0.717, 1.165) is 11.3 Å². The third-order valence-electron chi connectivity index (χ3n) is 4.81. The molecule has 1 aliphatic rings. The summed E-state index contributed by atoms with van der Waals surface area (Å²) in [6.07, 6.45) is -1.20. The second-order valence-electron chi connectivity index (χ2n) is 6.72. The van der Waals surface area contributed by atoms with Crippen LogP contribution in [-0.2, 0) is 4.74 Å². The largest absolute Gasteiger partial charge is 0.394 e. The highest BCUT2D eigenvalue weighted by Crippen LogP contribution is 2.33. The van der Waals surface area contributed by atoms with Gasteiger partial charge in [0.25, 0.3) is 0 Å². The van der Waals surface area contributed by atoms with Crippen molar-refractivity contribution in [2.45, 2.75) is 24.5 Å². The first-order valence-corrected chi connectivity index (χ1v) is 8.59. The van der Waals surface area contributed by atoms with Crippen molar-refractivity contribution in [1.82, 2.24) is 19.5 Å². The zero-order valence-electron chi connectivity index (χ0n) is 15.0. The standard InChI is InChI=1S/C18H21N5O4/c1-22(2)11-5-3-10(4-6-11)13-14-17(20-8-19-13)23(9-21-14)18-16(26)15(25)12(7-24)27-18/h3-6,8-9,12,15-16,18,24-26H,7H2,1-2H3/t12-,15-,16-,18-/m1/s1. The van der Waals surface area contributed by atoms with E-state index in [-0.39, 0.29) is 6.61 Å². The Kier molecular flexibility index (Phi) is 4.52. The molecular formula is C18H21N5O4. The zero-order chi connectivity index (χ0) is 19.1. The number of nitrogens with zero attached hydrogens (tertiary/aromatic N) is 5. The molecular weight excluding hydrogens is 350 g/mol. The molecule has 1 fully saturated rings. The van der Waals surface area contributed by atoms with Crippen LogP contribution in [0.2, 0.25) is 0 Å². The highest BCUT2D eigenvalue weighted by atomic mass is 16.6. The smallest absolute Gasteiger partial charge is 0.166 e. The Bertz CT molecular complexity index is 943. The van der Waals surface area contributed by atoms with Gasteiger partial charge in [0.1, 0.15) is 35.8 Å². The summed E-state index contributed by atoms with van der Waals surface area (Å²) in [5.74, 6) is 0. The lowest BCUT2D eigenvalue weighted by Gasteiger charge is -2.16. The monoisotopic (exact) mass is 371 g/mol. The average molecular weight is 371 g/mol. The van der Waals surface area contributed by atoms with Crippen LogP contribution in [0.15, 0.2) is 36.9 Å². The molecule has 0 aliphatic carbocycles. The first kappa shape index (κ1) is 17.8. The number of aromatic nitrogens is 4. The lowest BCUT2D eigenvalue weighted by atomic mass is 10.1. The van der Waals surface area contributed by atoms with Crippen LogP contribution in [0, 0.1) is 0 Å². The van der Waals surface area contributed by atoms with E-state index in [2.05, 4.69) is 15.0 Å². The summed E-state index contributed by atoms with van der Waals surface area (Å²) in [4.78, 5) is 15.0. The predicted molar refractivity (Wildman–Crippen MR) is 98.1 cm³/mol. The van der Waals surface area contributed by atoms with E-state index in [1.54, 1.807) is 4.57 Å². The van der Waals surface area contributed by atoms with Crippen molar-refractivity contribution in [2.75, 3.05) is 25.6 Å². The third kappa shape index (κ3) is 2.94. The fourth-order valence-electron chi connectivity index (χ4n) is 3.28. The minimum absolute atomic E-state index is 0.389. The topological polar surface area (TPSA) is 117 Å². The van der Waals surface area contributed by atoms with Crippen LogP contribution in [0.5, 0.6) is 0 Å². The number of aliphatic hydroxyl groups excluding tert-OH is 3. The fourth-order valence-corrected chi connectivity index (χ4v) is 3.28. The van der Waals surface area contributed by atoms with Gasteiger partial charge in [-0.25, -0.2) is 15.0 Å². The molecule has 3 heterocycles. The van der Waals surface area contributed by atoms with Crippen molar-refractivity contribution in [3.05, 3.63) is 36.9 Å². The van der Waals surface area contributed by atoms with E-state index in [4.69, 9.17) is 4.74 Å². The number of hydrogen-bond donors (Lipinski definition) is 3. The van der Waals surface area contributed by atoms with Gasteiger partial charge >= 0.3 is 0 Å². The van der Waals surface area contributed by atoms with Crippen LogP contribution in [0.3, 0.4) is 0 Å². The van der Waals surface area contributed by atoms with Crippen molar-refractivity contribution < 1.29 is 20.1 Å². The molecule has 4 rings (SSSR count). The Labute approximate surface area is 155 Å². The average Bonchev–Trinajstić information content (AvgIpc) is 3.23. The molecule has 9 heteroatoms. The number of aliphatic hydroxyl groups is 3. The number of benzene rings is 1. The number of anilines is 1. The van der Waals surface area contributed by atoms with Crippen molar-refractivity contribution in [1.29, 1.82) is 0 Å². The Morgan fingerprint density at radius 3 is 2.44 bits per heavy atom. The maximum Gasteiger partial charge on any atom is 0.166 e. The Balaban J connectivity index is 1.74. The maximum absolute atomic E-state index is 10.3. The van der Waals surface area contributed by atoms with Gasteiger partial charge in [-0.1, -0.05) is 12.1 Å². The molecule has 0 amide bonds. The Morgan fingerprint density at radius 1 is 1.07 bits per heavy atom. The van der Waals surface area contributed by atoms with E-state index >= 15 is 0 Å². The second kappa shape index (κ2) is 6.86. The van der Waals surface area contributed by atoms with Crippen LogP contribution < -0.4 is 4.90 Å². The van der Waals surface area contributed by atoms with Crippen LogP contribution in [0.4, 0.5) is 5.69 Å². The minimum atomic E-state index is -1.20. The van der Waals surface area contributed by atoms with Crippen LogP contribution >= 0.6 is 0 Å². The first-order chi connectivity index (χ1) is 13.0. The van der Waals surface area contributed by atoms with Gasteiger partial charge < -0.3 is 25.0 Å². The van der Waals surface area contributed by atoms with Crippen molar-refractivity contribution >= 4 is 16.9 Å². The fraction of sp³-hybridized carbons (Fsp3) is 0.389. The molecule has 0 unspecified atom stereocenters. The highest BCUT2D eigenvalue weighted by molar-refractivity contribution is 5.87. The predicted octanol–water partition coefficient (Wildman–Crippen LogP) is 0.171. The zero-order valence-corrected chi connectivity index (χ0v) is 15.0. The SMILES string of the molecule is CN(C)c1ccc(-c2ncnc3c2ncn3[C@@H]2O[C@H](CO)[C@@H](O)[C@H]2O)cc1. The number of fused-ring (bicyclic) bond motifs is 1. The molecule has 0 saturated carbocycles. The van der Waals surface area contributed by atoms with Gasteiger partial charge in [0.15, 0.2) is 11.9 Å².